The molecular formula is C16H24N4. The van der Waals surface area contributed by atoms with Gasteiger partial charge in [-0.15, -0.1) is 0 Å². The Morgan fingerprint density at radius 3 is 2.80 bits per heavy atom. The van der Waals surface area contributed by atoms with Crippen LogP contribution >= 0.6 is 0 Å². The summed E-state index contributed by atoms with van der Waals surface area (Å²) in [6, 6.07) is 0.416. The second kappa shape index (κ2) is 6.35. The third-order valence-electron chi connectivity index (χ3n) is 4.48. The van der Waals surface area contributed by atoms with Crippen molar-refractivity contribution < 1.29 is 0 Å². The standard InChI is InChI=1S/C16H24N4/c1-2-18-16(13-7-5-3-4-6-8-13)14-11-19-20-10-9-17-12-15(14)20/h9-13,16,18H,2-8H2,1H3. The van der Waals surface area contributed by atoms with Gasteiger partial charge < -0.3 is 5.32 Å². The number of nitrogens with zero attached hydrogens (tertiary/aromatic N) is 3. The second-order valence-electron chi connectivity index (χ2n) is 5.79. The lowest BCUT2D eigenvalue weighted by Crippen LogP contribution is -2.28. The maximum absolute atomic E-state index is 4.48. The summed E-state index contributed by atoms with van der Waals surface area (Å²) in [6.07, 6.45) is 15.8. The number of fused-ring (bicyclic) bond motifs is 1. The zero-order chi connectivity index (χ0) is 13.8. The highest BCUT2D eigenvalue weighted by atomic mass is 15.2. The van der Waals surface area contributed by atoms with E-state index in [-0.39, 0.29) is 0 Å². The van der Waals surface area contributed by atoms with Crippen LogP contribution in [0, 0.1) is 5.92 Å². The molecule has 20 heavy (non-hydrogen) atoms. The van der Waals surface area contributed by atoms with Gasteiger partial charge in [-0.2, -0.15) is 5.10 Å². The fraction of sp³-hybridized carbons (Fsp3) is 0.625. The zero-order valence-electron chi connectivity index (χ0n) is 12.3. The molecule has 1 unspecified atom stereocenters. The van der Waals surface area contributed by atoms with Crippen molar-refractivity contribution in [2.45, 2.75) is 51.5 Å². The van der Waals surface area contributed by atoms with Crippen molar-refractivity contribution >= 4 is 5.52 Å². The number of hydrogen-bond acceptors (Lipinski definition) is 3. The molecule has 0 aliphatic heterocycles. The van der Waals surface area contributed by atoms with Gasteiger partial charge in [0.15, 0.2) is 0 Å². The monoisotopic (exact) mass is 272 g/mol. The number of rotatable bonds is 4. The lowest BCUT2D eigenvalue weighted by atomic mass is 9.87. The predicted octanol–water partition coefficient (Wildman–Crippen LogP) is 3.35. The minimum Gasteiger partial charge on any atom is -0.310 e. The van der Waals surface area contributed by atoms with Gasteiger partial charge in [-0.1, -0.05) is 32.6 Å². The van der Waals surface area contributed by atoms with E-state index in [0.29, 0.717) is 6.04 Å². The molecule has 2 heterocycles. The van der Waals surface area contributed by atoms with Gasteiger partial charge in [0.1, 0.15) is 0 Å². The largest absolute Gasteiger partial charge is 0.310 e. The van der Waals surface area contributed by atoms with Crippen molar-refractivity contribution in [3.05, 3.63) is 30.4 Å². The predicted molar refractivity (Wildman–Crippen MR) is 80.6 cm³/mol. The Morgan fingerprint density at radius 2 is 2.05 bits per heavy atom. The summed E-state index contributed by atoms with van der Waals surface area (Å²) in [5, 5.41) is 8.17. The summed E-state index contributed by atoms with van der Waals surface area (Å²) >= 11 is 0. The van der Waals surface area contributed by atoms with Crippen LogP contribution in [0.2, 0.25) is 0 Å². The third kappa shape index (κ3) is 2.70. The maximum Gasteiger partial charge on any atom is 0.0892 e. The van der Waals surface area contributed by atoms with Crippen molar-refractivity contribution in [2.75, 3.05) is 6.54 Å². The zero-order valence-corrected chi connectivity index (χ0v) is 12.3. The number of hydrogen-bond donors (Lipinski definition) is 1. The average molecular weight is 272 g/mol. The average Bonchev–Trinajstić information content (AvgIpc) is 2.71. The van der Waals surface area contributed by atoms with Crippen molar-refractivity contribution in [1.82, 2.24) is 19.9 Å². The van der Waals surface area contributed by atoms with Crippen LogP contribution in [0.5, 0.6) is 0 Å². The van der Waals surface area contributed by atoms with Gasteiger partial charge in [0.2, 0.25) is 0 Å². The molecule has 3 rings (SSSR count). The normalized spacial score (nSPS) is 19.1. The van der Waals surface area contributed by atoms with Crippen LogP contribution in [0.4, 0.5) is 0 Å². The topological polar surface area (TPSA) is 42.2 Å². The molecule has 2 aromatic rings. The van der Waals surface area contributed by atoms with Crippen molar-refractivity contribution in [1.29, 1.82) is 0 Å². The van der Waals surface area contributed by atoms with Gasteiger partial charge in [0.25, 0.3) is 0 Å². The molecule has 2 aromatic heterocycles. The van der Waals surface area contributed by atoms with Gasteiger partial charge in [-0.25, -0.2) is 4.52 Å². The van der Waals surface area contributed by atoms with E-state index in [0.717, 1.165) is 18.0 Å². The van der Waals surface area contributed by atoms with Gasteiger partial charge in [-0.05, 0) is 25.3 Å². The first-order chi connectivity index (χ1) is 9.90. The molecule has 1 aliphatic carbocycles. The molecule has 1 N–H and O–H groups in total. The van der Waals surface area contributed by atoms with Crippen LogP contribution in [0.25, 0.3) is 5.52 Å². The summed E-state index contributed by atoms with van der Waals surface area (Å²) < 4.78 is 1.93. The van der Waals surface area contributed by atoms with Crippen LogP contribution < -0.4 is 5.32 Å². The van der Waals surface area contributed by atoms with E-state index in [1.807, 2.05) is 23.1 Å². The molecular weight excluding hydrogens is 248 g/mol. The third-order valence-corrected chi connectivity index (χ3v) is 4.48. The molecule has 0 bridgehead atoms. The first-order valence-electron chi connectivity index (χ1n) is 7.90. The van der Waals surface area contributed by atoms with Crippen LogP contribution in [0.15, 0.2) is 24.8 Å². The van der Waals surface area contributed by atoms with Crippen LogP contribution in [0.1, 0.15) is 57.1 Å². The Morgan fingerprint density at radius 1 is 1.25 bits per heavy atom. The Labute approximate surface area is 120 Å². The van der Waals surface area contributed by atoms with Crippen molar-refractivity contribution in [3.63, 3.8) is 0 Å². The molecule has 1 aliphatic rings. The molecule has 4 heteroatoms. The summed E-state index contributed by atoms with van der Waals surface area (Å²) in [4.78, 5) is 4.26. The first kappa shape index (κ1) is 13.6. The number of nitrogens with one attached hydrogen (secondary N) is 1. The van der Waals surface area contributed by atoms with Crippen LogP contribution in [0.3, 0.4) is 0 Å². The van der Waals surface area contributed by atoms with Gasteiger partial charge in [-0.3, -0.25) is 4.98 Å². The minimum atomic E-state index is 0.416. The summed E-state index contributed by atoms with van der Waals surface area (Å²) in [5.41, 5.74) is 2.45. The Bertz CT molecular complexity index is 540. The molecule has 1 saturated carbocycles. The summed E-state index contributed by atoms with van der Waals surface area (Å²) in [6.45, 7) is 3.19. The smallest absolute Gasteiger partial charge is 0.0892 e. The highest BCUT2D eigenvalue weighted by Crippen LogP contribution is 2.34. The molecule has 1 atom stereocenters. The molecule has 1 fully saturated rings. The fourth-order valence-corrected chi connectivity index (χ4v) is 3.49. The van der Waals surface area contributed by atoms with Crippen LogP contribution in [-0.4, -0.2) is 21.1 Å². The highest BCUT2D eigenvalue weighted by Gasteiger charge is 2.26. The molecule has 0 spiro atoms. The van der Waals surface area contributed by atoms with Gasteiger partial charge in [0, 0.05) is 24.0 Å². The quantitative estimate of drug-likeness (QED) is 0.868. The van der Waals surface area contributed by atoms with E-state index < -0.39 is 0 Å². The molecule has 0 amide bonds. The Balaban J connectivity index is 1.92. The minimum absolute atomic E-state index is 0.416. The van der Waals surface area contributed by atoms with Crippen molar-refractivity contribution in [3.8, 4) is 0 Å². The molecule has 4 nitrogen and oxygen atoms in total. The lowest BCUT2D eigenvalue weighted by molar-refractivity contribution is 0.331. The van der Waals surface area contributed by atoms with Gasteiger partial charge in [0.05, 0.1) is 17.9 Å². The van der Waals surface area contributed by atoms with E-state index in [2.05, 4.69) is 22.3 Å². The van der Waals surface area contributed by atoms with E-state index in [9.17, 15) is 0 Å². The van der Waals surface area contributed by atoms with E-state index in [1.165, 1.54) is 44.1 Å². The Kier molecular flexibility index (Phi) is 4.31. The molecule has 0 aromatic carbocycles. The Hall–Kier alpha value is -1.42. The van der Waals surface area contributed by atoms with E-state index >= 15 is 0 Å². The van der Waals surface area contributed by atoms with Gasteiger partial charge >= 0.3 is 0 Å². The second-order valence-corrected chi connectivity index (χ2v) is 5.79. The number of aromatic nitrogens is 3. The molecule has 108 valence electrons. The van der Waals surface area contributed by atoms with E-state index in [4.69, 9.17) is 0 Å². The lowest BCUT2D eigenvalue weighted by Gasteiger charge is -2.26. The summed E-state index contributed by atoms with van der Waals surface area (Å²) in [5.74, 6) is 0.727. The molecule has 0 saturated heterocycles. The SMILES string of the molecule is CCNC(c1cnn2ccncc12)C1CCCCCC1. The van der Waals surface area contributed by atoms with Crippen molar-refractivity contribution in [2.24, 2.45) is 5.92 Å². The fourth-order valence-electron chi connectivity index (χ4n) is 3.49. The van der Waals surface area contributed by atoms with Crippen LogP contribution in [-0.2, 0) is 0 Å². The maximum atomic E-state index is 4.48. The summed E-state index contributed by atoms with van der Waals surface area (Å²) in [7, 11) is 0. The highest BCUT2D eigenvalue weighted by molar-refractivity contribution is 5.53. The molecule has 0 radical (unpaired) electrons. The first-order valence-corrected chi connectivity index (χ1v) is 7.90. The van der Waals surface area contributed by atoms with E-state index in [1.54, 1.807) is 6.20 Å².